The van der Waals surface area contributed by atoms with E-state index >= 15 is 0 Å². The molecule has 0 atom stereocenters. The van der Waals surface area contributed by atoms with Crippen LogP contribution in [0.2, 0.25) is 0 Å². The van der Waals surface area contributed by atoms with E-state index in [1.54, 1.807) is 6.20 Å². The van der Waals surface area contributed by atoms with E-state index < -0.39 is 0 Å². The van der Waals surface area contributed by atoms with Crippen LogP contribution in [0.4, 0.5) is 11.6 Å². The molecule has 2 aromatic rings. The summed E-state index contributed by atoms with van der Waals surface area (Å²) in [6, 6.07) is 10.2. The fourth-order valence-corrected chi connectivity index (χ4v) is 2.56. The third kappa shape index (κ3) is 3.59. The molecule has 6 heteroatoms. The lowest BCUT2D eigenvalue weighted by atomic mass is 10.1. The fraction of sp³-hybridized carbons (Fsp3) is 0.353. The van der Waals surface area contributed by atoms with Crippen molar-refractivity contribution < 1.29 is 4.79 Å². The average Bonchev–Trinajstić information content (AvgIpc) is 2.80. The molecule has 1 N–H and O–H groups in total. The monoisotopic (exact) mass is 311 g/mol. The number of carbonyl (C=O) groups is 1. The number of carbonyl (C=O) groups excluding carboxylic acids is 1. The summed E-state index contributed by atoms with van der Waals surface area (Å²) in [6.45, 7) is 2.01. The smallest absolute Gasteiger partial charge is 0.225 e. The van der Waals surface area contributed by atoms with Crippen molar-refractivity contribution in [2.45, 2.75) is 6.42 Å². The van der Waals surface area contributed by atoms with E-state index in [0.717, 1.165) is 23.5 Å². The highest BCUT2D eigenvalue weighted by molar-refractivity contribution is 5.77. The second kappa shape index (κ2) is 6.64. The minimum Gasteiger partial charge on any atom is -0.378 e. The Morgan fingerprint density at radius 3 is 2.65 bits per heavy atom. The van der Waals surface area contributed by atoms with Crippen molar-refractivity contribution in [2.24, 2.45) is 0 Å². The molecule has 23 heavy (non-hydrogen) atoms. The quantitative estimate of drug-likeness (QED) is 0.931. The molecule has 0 unspecified atom stereocenters. The number of nitrogens with one attached hydrogen (secondary N) is 1. The number of anilines is 2. The topological polar surface area (TPSA) is 61.4 Å². The van der Waals surface area contributed by atoms with Gasteiger partial charge in [0.25, 0.3) is 0 Å². The van der Waals surface area contributed by atoms with Crippen LogP contribution in [0.25, 0.3) is 11.3 Å². The van der Waals surface area contributed by atoms with E-state index in [-0.39, 0.29) is 5.91 Å². The Labute approximate surface area is 136 Å². The van der Waals surface area contributed by atoms with Crippen LogP contribution in [-0.4, -0.2) is 49.6 Å². The molecule has 1 aliphatic heterocycles. The third-order valence-electron chi connectivity index (χ3n) is 3.92. The molecule has 0 spiro atoms. The van der Waals surface area contributed by atoms with Gasteiger partial charge in [-0.3, -0.25) is 4.79 Å². The van der Waals surface area contributed by atoms with E-state index in [2.05, 4.69) is 49.4 Å². The van der Waals surface area contributed by atoms with E-state index in [0.29, 0.717) is 25.5 Å². The average molecular weight is 311 g/mol. The highest BCUT2D eigenvalue weighted by atomic mass is 16.1. The summed E-state index contributed by atoms with van der Waals surface area (Å²) in [5.41, 5.74) is 3.10. The molecular weight excluding hydrogens is 290 g/mol. The summed E-state index contributed by atoms with van der Waals surface area (Å²) in [4.78, 5) is 24.6. The lowest BCUT2D eigenvalue weighted by Crippen LogP contribution is -2.29. The van der Waals surface area contributed by atoms with Gasteiger partial charge in [-0.15, -0.1) is 0 Å². The Morgan fingerprint density at radius 1 is 1.13 bits per heavy atom. The minimum atomic E-state index is 0.0860. The molecule has 120 valence electrons. The summed E-state index contributed by atoms with van der Waals surface area (Å²) >= 11 is 0. The summed E-state index contributed by atoms with van der Waals surface area (Å²) in [6.07, 6.45) is 2.25. The van der Waals surface area contributed by atoms with Gasteiger partial charge < -0.3 is 15.1 Å². The summed E-state index contributed by atoms with van der Waals surface area (Å²) in [5, 5.41) is 2.87. The Morgan fingerprint density at radius 2 is 1.91 bits per heavy atom. The van der Waals surface area contributed by atoms with E-state index in [4.69, 9.17) is 0 Å². The normalized spacial score (nSPS) is 15.0. The maximum atomic E-state index is 11.5. The van der Waals surface area contributed by atoms with E-state index in [9.17, 15) is 4.79 Å². The molecule has 1 fully saturated rings. The highest BCUT2D eigenvalue weighted by Gasteiger charge is 2.16. The van der Waals surface area contributed by atoms with E-state index in [1.807, 2.05) is 20.2 Å². The van der Waals surface area contributed by atoms with E-state index in [1.165, 1.54) is 0 Å². The number of benzene rings is 1. The van der Waals surface area contributed by atoms with Gasteiger partial charge in [0.2, 0.25) is 11.9 Å². The maximum absolute atomic E-state index is 11.5. The molecule has 1 aromatic carbocycles. The summed E-state index contributed by atoms with van der Waals surface area (Å²) < 4.78 is 0. The molecule has 0 aliphatic carbocycles. The molecule has 1 aromatic heterocycles. The Balaban J connectivity index is 1.83. The molecule has 3 rings (SSSR count). The first kappa shape index (κ1) is 15.3. The molecule has 0 radical (unpaired) electrons. The molecule has 1 saturated heterocycles. The SMILES string of the molecule is CN(C)c1ccc(-c2ccnc(N3CCNC(=O)CC3)n2)cc1. The predicted molar refractivity (Wildman–Crippen MR) is 91.6 cm³/mol. The Bertz CT molecular complexity index is 684. The number of nitrogens with zero attached hydrogens (tertiary/aromatic N) is 4. The zero-order valence-corrected chi connectivity index (χ0v) is 13.5. The van der Waals surface area contributed by atoms with Crippen molar-refractivity contribution in [1.29, 1.82) is 0 Å². The Kier molecular flexibility index (Phi) is 4.41. The second-order valence-electron chi connectivity index (χ2n) is 5.77. The zero-order valence-electron chi connectivity index (χ0n) is 13.5. The van der Waals surface area contributed by atoms with Gasteiger partial charge in [0.1, 0.15) is 0 Å². The van der Waals surface area contributed by atoms with Crippen molar-refractivity contribution in [3.8, 4) is 11.3 Å². The van der Waals surface area contributed by atoms with Gasteiger partial charge in [0.05, 0.1) is 5.69 Å². The van der Waals surface area contributed by atoms with Crippen molar-refractivity contribution in [2.75, 3.05) is 43.5 Å². The van der Waals surface area contributed by atoms with Crippen molar-refractivity contribution in [3.63, 3.8) is 0 Å². The number of amides is 1. The van der Waals surface area contributed by atoms with Crippen molar-refractivity contribution in [1.82, 2.24) is 15.3 Å². The predicted octanol–water partition coefficient (Wildman–Crippen LogP) is 1.54. The zero-order chi connectivity index (χ0) is 16.2. The van der Waals surface area contributed by atoms with Crippen LogP contribution in [-0.2, 0) is 4.79 Å². The van der Waals surface area contributed by atoms with Gasteiger partial charge in [0, 0.05) is 57.6 Å². The molecule has 2 heterocycles. The van der Waals surface area contributed by atoms with Gasteiger partial charge >= 0.3 is 0 Å². The molecule has 0 bridgehead atoms. The van der Waals surface area contributed by atoms with Gasteiger partial charge in [-0.05, 0) is 18.2 Å². The van der Waals surface area contributed by atoms with Crippen LogP contribution in [0.3, 0.4) is 0 Å². The van der Waals surface area contributed by atoms with Crippen LogP contribution in [0.5, 0.6) is 0 Å². The minimum absolute atomic E-state index is 0.0860. The van der Waals surface area contributed by atoms with Gasteiger partial charge in [-0.1, -0.05) is 12.1 Å². The standard InChI is InChI=1S/C17H21N5O/c1-21(2)14-5-3-13(4-6-14)15-7-9-19-17(20-15)22-11-8-16(23)18-10-12-22/h3-7,9H,8,10-12H2,1-2H3,(H,18,23). The fourth-order valence-electron chi connectivity index (χ4n) is 2.56. The number of hydrogen-bond acceptors (Lipinski definition) is 5. The highest BCUT2D eigenvalue weighted by Crippen LogP contribution is 2.22. The summed E-state index contributed by atoms with van der Waals surface area (Å²) in [7, 11) is 4.04. The molecule has 1 amide bonds. The van der Waals surface area contributed by atoms with Crippen LogP contribution in [0.15, 0.2) is 36.5 Å². The van der Waals surface area contributed by atoms with Crippen molar-refractivity contribution >= 4 is 17.5 Å². The van der Waals surface area contributed by atoms with Crippen molar-refractivity contribution in [3.05, 3.63) is 36.5 Å². The third-order valence-corrected chi connectivity index (χ3v) is 3.92. The Hall–Kier alpha value is -2.63. The van der Waals surface area contributed by atoms with Crippen LogP contribution in [0.1, 0.15) is 6.42 Å². The second-order valence-corrected chi connectivity index (χ2v) is 5.77. The molecular formula is C17H21N5O. The van der Waals surface area contributed by atoms with Crippen LogP contribution in [0, 0.1) is 0 Å². The molecule has 0 saturated carbocycles. The van der Waals surface area contributed by atoms with Gasteiger partial charge in [-0.25, -0.2) is 9.97 Å². The molecule has 1 aliphatic rings. The van der Waals surface area contributed by atoms with Gasteiger partial charge in [-0.2, -0.15) is 0 Å². The first-order valence-corrected chi connectivity index (χ1v) is 7.76. The van der Waals surface area contributed by atoms with Crippen LogP contribution >= 0.6 is 0 Å². The first-order chi connectivity index (χ1) is 11.1. The number of hydrogen-bond donors (Lipinski definition) is 1. The summed E-state index contributed by atoms with van der Waals surface area (Å²) in [5.74, 6) is 0.763. The first-order valence-electron chi connectivity index (χ1n) is 7.76. The molecule has 6 nitrogen and oxygen atoms in total. The lowest BCUT2D eigenvalue weighted by molar-refractivity contribution is -0.120. The lowest BCUT2D eigenvalue weighted by Gasteiger charge is -2.19. The largest absolute Gasteiger partial charge is 0.378 e. The number of rotatable bonds is 3. The number of aromatic nitrogens is 2. The van der Waals surface area contributed by atoms with Gasteiger partial charge in [0.15, 0.2) is 0 Å². The maximum Gasteiger partial charge on any atom is 0.225 e. The van der Waals surface area contributed by atoms with Crippen LogP contribution < -0.4 is 15.1 Å².